The Morgan fingerprint density at radius 3 is 2.26 bits per heavy atom. The molecule has 1 N–H and O–H groups in total. The van der Waals surface area contributed by atoms with Gasteiger partial charge in [0.1, 0.15) is 0 Å². The monoisotopic (exact) mass is 265 g/mol. The van der Waals surface area contributed by atoms with E-state index >= 15 is 0 Å². The van der Waals surface area contributed by atoms with Crippen LogP contribution in [0.4, 0.5) is 0 Å². The van der Waals surface area contributed by atoms with Crippen molar-refractivity contribution in [3.8, 4) is 17.2 Å². The fourth-order valence-electron chi connectivity index (χ4n) is 2.12. The van der Waals surface area contributed by atoms with Gasteiger partial charge >= 0.3 is 0 Å². The molecule has 0 radical (unpaired) electrons. The fraction of sp³-hybridized carbons (Fsp3) is 0.600. The molecule has 0 aromatic heterocycles. The maximum absolute atomic E-state index is 5.86. The first-order valence-corrected chi connectivity index (χ1v) is 6.80. The first kappa shape index (κ1) is 14.0. The van der Waals surface area contributed by atoms with E-state index in [0.29, 0.717) is 5.75 Å². The molecule has 2 rings (SSSR count). The van der Waals surface area contributed by atoms with Crippen LogP contribution in [0.1, 0.15) is 24.8 Å². The predicted molar refractivity (Wildman–Crippen MR) is 75.1 cm³/mol. The summed E-state index contributed by atoms with van der Waals surface area (Å²) in [7, 11) is 5.23. The van der Waals surface area contributed by atoms with Crippen LogP contribution in [0, 0.1) is 5.92 Å². The second-order valence-corrected chi connectivity index (χ2v) is 4.94. The van der Waals surface area contributed by atoms with Crippen LogP contribution in [0.25, 0.3) is 0 Å². The van der Waals surface area contributed by atoms with Gasteiger partial charge in [-0.25, -0.2) is 0 Å². The summed E-state index contributed by atoms with van der Waals surface area (Å²) in [6.45, 7) is 1.50. The van der Waals surface area contributed by atoms with Gasteiger partial charge in [0.15, 0.2) is 11.5 Å². The van der Waals surface area contributed by atoms with Crippen molar-refractivity contribution in [3.05, 3.63) is 17.7 Å². The maximum atomic E-state index is 5.86. The summed E-state index contributed by atoms with van der Waals surface area (Å²) < 4.78 is 16.7. The Morgan fingerprint density at radius 2 is 1.79 bits per heavy atom. The molecule has 1 saturated carbocycles. The van der Waals surface area contributed by atoms with Gasteiger partial charge in [0.25, 0.3) is 0 Å². The third kappa shape index (κ3) is 3.77. The van der Waals surface area contributed by atoms with Gasteiger partial charge < -0.3 is 19.5 Å². The summed E-state index contributed by atoms with van der Waals surface area (Å²) in [6, 6.07) is 3.98. The zero-order valence-corrected chi connectivity index (χ0v) is 12.0. The molecule has 106 valence electrons. The normalized spacial score (nSPS) is 14.3. The van der Waals surface area contributed by atoms with Crippen LogP contribution in [0.5, 0.6) is 17.2 Å². The van der Waals surface area contributed by atoms with Gasteiger partial charge in [-0.1, -0.05) is 12.8 Å². The molecule has 0 heterocycles. The van der Waals surface area contributed by atoms with E-state index in [9.17, 15) is 0 Å². The quantitative estimate of drug-likeness (QED) is 0.784. The fourth-order valence-corrected chi connectivity index (χ4v) is 2.12. The van der Waals surface area contributed by atoms with Gasteiger partial charge in [0, 0.05) is 6.54 Å². The minimum absolute atomic E-state index is 0.713. The lowest BCUT2D eigenvalue weighted by Gasteiger charge is -2.16. The molecular weight excluding hydrogens is 242 g/mol. The SMILES string of the molecule is CNCc1cc(OC)c(OCCC2CC2)c(OC)c1. The predicted octanol–water partition coefficient (Wildman–Crippen LogP) is 2.60. The van der Waals surface area contributed by atoms with E-state index in [1.165, 1.54) is 12.8 Å². The van der Waals surface area contributed by atoms with Crippen LogP contribution in [0.3, 0.4) is 0 Å². The Hall–Kier alpha value is -1.42. The minimum atomic E-state index is 0.713. The molecule has 4 heteroatoms. The van der Waals surface area contributed by atoms with Crippen molar-refractivity contribution in [1.29, 1.82) is 0 Å². The number of nitrogens with one attached hydrogen (secondary N) is 1. The highest BCUT2D eigenvalue weighted by Gasteiger charge is 2.21. The molecule has 0 amide bonds. The standard InChI is InChI=1S/C15H23NO3/c1-16-10-12-8-13(17-2)15(14(9-12)18-3)19-7-6-11-4-5-11/h8-9,11,16H,4-7,10H2,1-3H3. The Morgan fingerprint density at radius 1 is 1.16 bits per heavy atom. The van der Waals surface area contributed by atoms with Crippen LogP contribution in [0.2, 0.25) is 0 Å². The highest BCUT2D eigenvalue weighted by atomic mass is 16.5. The lowest BCUT2D eigenvalue weighted by molar-refractivity contribution is 0.265. The molecule has 1 fully saturated rings. The molecule has 19 heavy (non-hydrogen) atoms. The zero-order chi connectivity index (χ0) is 13.7. The number of methoxy groups -OCH3 is 2. The molecule has 0 saturated heterocycles. The summed E-state index contributed by atoms with van der Waals surface area (Å²) in [6.07, 6.45) is 3.81. The highest BCUT2D eigenvalue weighted by Crippen LogP contribution is 2.39. The Balaban J connectivity index is 2.12. The molecule has 1 aliphatic carbocycles. The first-order chi connectivity index (χ1) is 9.28. The van der Waals surface area contributed by atoms with E-state index in [4.69, 9.17) is 14.2 Å². The highest BCUT2D eigenvalue weighted by molar-refractivity contribution is 5.53. The lowest BCUT2D eigenvalue weighted by Crippen LogP contribution is -2.07. The van der Waals surface area contributed by atoms with Crippen molar-refractivity contribution in [2.24, 2.45) is 5.92 Å². The third-order valence-corrected chi connectivity index (χ3v) is 3.37. The van der Waals surface area contributed by atoms with Gasteiger partial charge in [-0.05, 0) is 37.1 Å². The molecule has 1 aromatic carbocycles. The van der Waals surface area contributed by atoms with Crippen LogP contribution in [0.15, 0.2) is 12.1 Å². The Labute approximate surface area is 115 Å². The molecule has 0 unspecified atom stereocenters. The second kappa shape index (κ2) is 6.66. The summed E-state index contributed by atoms with van der Waals surface area (Å²) in [5.41, 5.74) is 1.12. The first-order valence-electron chi connectivity index (χ1n) is 6.80. The molecule has 1 aliphatic rings. The summed E-state index contributed by atoms with van der Waals surface area (Å²) >= 11 is 0. The topological polar surface area (TPSA) is 39.7 Å². The molecule has 0 aliphatic heterocycles. The van der Waals surface area contributed by atoms with Crippen molar-refractivity contribution in [3.63, 3.8) is 0 Å². The van der Waals surface area contributed by atoms with Crippen molar-refractivity contribution in [2.75, 3.05) is 27.9 Å². The summed E-state index contributed by atoms with van der Waals surface area (Å²) in [5.74, 6) is 3.05. The number of rotatable bonds is 8. The van der Waals surface area contributed by atoms with Crippen molar-refractivity contribution in [2.45, 2.75) is 25.8 Å². The molecule has 0 spiro atoms. The van der Waals surface area contributed by atoms with Gasteiger partial charge in [0.05, 0.1) is 20.8 Å². The molecule has 4 nitrogen and oxygen atoms in total. The van der Waals surface area contributed by atoms with Gasteiger partial charge in [-0.15, -0.1) is 0 Å². The Bertz CT molecular complexity index is 391. The van der Waals surface area contributed by atoms with E-state index in [2.05, 4.69) is 5.32 Å². The van der Waals surface area contributed by atoms with Crippen molar-refractivity contribution in [1.82, 2.24) is 5.32 Å². The van der Waals surface area contributed by atoms with E-state index in [1.807, 2.05) is 19.2 Å². The van der Waals surface area contributed by atoms with E-state index < -0.39 is 0 Å². The smallest absolute Gasteiger partial charge is 0.203 e. The number of hydrogen-bond donors (Lipinski definition) is 1. The molecule has 0 bridgehead atoms. The largest absolute Gasteiger partial charge is 0.493 e. The van der Waals surface area contributed by atoms with Gasteiger partial charge in [0.2, 0.25) is 5.75 Å². The van der Waals surface area contributed by atoms with Crippen LogP contribution in [-0.2, 0) is 6.54 Å². The second-order valence-electron chi connectivity index (χ2n) is 4.94. The molecule has 0 atom stereocenters. The number of hydrogen-bond acceptors (Lipinski definition) is 4. The van der Waals surface area contributed by atoms with E-state index in [-0.39, 0.29) is 0 Å². The van der Waals surface area contributed by atoms with Crippen LogP contribution >= 0.6 is 0 Å². The average molecular weight is 265 g/mol. The summed E-state index contributed by atoms with van der Waals surface area (Å²) in [5, 5.41) is 3.12. The number of benzene rings is 1. The van der Waals surface area contributed by atoms with Gasteiger partial charge in [-0.3, -0.25) is 0 Å². The van der Waals surface area contributed by atoms with Crippen LogP contribution < -0.4 is 19.5 Å². The van der Waals surface area contributed by atoms with Crippen molar-refractivity contribution < 1.29 is 14.2 Å². The summed E-state index contributed by atoms with van der Waals surface area (Å²) in [4.78, 5) is 0. The maximum Gasteiger partial charge on any atom is 0.203 e. The van der Waals surface area contributed by atoms with E-state index in [0.717, 1.165) is 42.6 Å². The van der Waals surface area contributed by atoms with Crippen LogP contribution in [-0.4, -0.2) is 27.9 Å². The lowest BCUT2D eigenvalue weighted by atomic mass is 10.2. The third-order valence-electron chi connectivity index (χ3n) is 3.37. The Kier molecular flexibility index (Phi) is 4.91. The van der Waals surface area contributed by atoms with E-state index in [1.54, 1.807) is 14.2 Å². The minimum Gasteiger partial charge on any atom is -0.493 e. The zero-order valence-electron chi connectivity index (χ0n) is 12.0. The average Bonchev–Trinajstić information content (AvgIpc) is 3.24. The van der Waals surface area contributed by atoms with Crippen molar-refractivity contribution >= 4 is 0 Å². The molecule has 1 aromatic rings. The van der Waals surface area contributed by atoms with Gasteiger partial charge in [-0.2, -0.15) is 0 Å². The number of ether oxygens (including phenoxy) is 3. The molecular formula is C15H23NO3.